The van der Waals surface area contributed by atoms with Gasteiger partial charge in [-0.2, -0.15) is 0 Å². The number of rotatable bonds is 6. The van der Waals surface area contributed by atoms with E-state index in [2.05, 4.69) is 19.8 Å². The molecule has 1 aliphatic heterocycles. The molecule has 30 heavy (non-hydrogen) atoms. The van der Waals surface area contributed by atoms with E-state index in [9.17, 15) is 17.2 Å². The van der Waals surface area contributed by atoms with Crippen molar-refractivity contribution in [1.82, 2.24) is 24.4 Å². The molecule has 0 unspecified atom stereocenters. The van der Waals surface area contributed by atoms with Crippen LogP contribution in [0.4, 0.5) is 8.78 Å². The second-order valence-electron chi connectivity index (χ2n) is 7.08. The van der Waals surface area contributed by atoms with Gasteiger partial charge in [0.15, 0.2) is 0 Å². The normalized spacial score (nSPS) is 15.0. The second kappa shape index (κ2) is 8.58. The first-order valence-corrected chi connectivity index (χ1v) is 11.0. The molecule has 0 saturated heterocycles. The fraction of sp³-hybridized carbons (Fsp3) is 0.300. The van der Waals surface area contributed by atoms with Gasteiger partial charge in [0.1, 0.15) is 23.3 Å². The van der Waals surface area contributed by atoms with Crippen LogP contribution in [0.25, 0.3) is 0 Å². The first-order valence-electron chi connectivity index (χ1n) is 9.54. The zero-order chi connectivity index (χ0) is 21.1. The van der Waals surface area contributed by atoms with E-state index in [-0.39, 0.29) is 11.4 Å². The molecule has 4 rings (SSSR count). The summed E-state index contributed by atoms with van der Waals surface area (Å²) >= 11 is 0. The van der Waals surface area contributed by atoms with E-state index in [1.165, 1.54) is 24.3 Å². The number of hydrogen-bond acceptors (Lipinski definition) is 5. The Morgan fingerprint density at radius 1 is 1.00 bits per heavy atom. The van der Waals surface area contributed by atoms with E-state index in [0.29, 0.717) is 44.0 Å². The first kappa shape index (κ1) is 20.6. The molecule has 2 aromatic carbocycles. The molecular formula is C20H21F2N5O2S. The molecule has 0 saturated carbocycles. The summed E-state index contributed by atoms with van der Waals surface area (Å²) in [6.07, 6.45) is 0.598. The molecule has 0 spiro atoms. The number of hydrogen-bond donors (Lipinski definition) is 1. The number of aromatic nitrogens is 3. The van der Waals surface area contributed by atoms with Crippen LogP contribution >= 0.6 is 0 Å². The summed E-state index contributed by atoms with van der Waals surface area (Å²) in [7, 11) is -3.65. The topological polar surface area (TPSA) is 80.1 Å². The summed E-state index contributed by atoms with van der Waals surface area (Å²) in [5.41, 5.74) is 0.435. The summed E-state index contributed by atoms with van der Waals surface area (Å²) in [6, 6.07) is 11.7. The molecule has 0 bridgehead atoms. The van der Waals surface area contributed by atoms with Gasteiger partial charge in [-0.15, -0.1) is 10.2 Å². The zero-order valence-electron chi connectivity index (χ0n) is 16.1. The number of nitrogens with one attached hydrogen (secondary N) is 1. The number of sulfonamides is 1. The van der Waals surface area contributed by atoms with Gasteiger partial charge in [-0.1, -0.05) is 24.3 Å². The third kappa shape index (κ3) is 4.55. The van der Waals surface area contributed by atoms with Crippen molar-refractivity contribution in [3.8, 4) is 0 Å². The zero-order valence-corrected chi connectivity index (χ0v) is 16.9. The van der Waals surface area contributed by atoms with E-state index in [4.69, 9.17) is 0 Å². The molecule has 3 aromatic rings. The van der Waals surface area contributed by atoms with Crippen LogP contribution in [0.15, 0.2) is 53.4 Å². The maximum Gasteiger partial charge on any atom is 0.240 e. The van der Waals surface area contributed by atoms with Crippen LogP contribution in [-0.4, -0.2) is 41.2 Å². The van der Waals surface area contributed by atoms with Gasteiger partial charge in [-0.05, 0) is 18.2 Å². The number of nitrogens with zero attached hydrogens (tertiary/aromatic N) is 4. The molecule has 0 fully saturated rings. The third-order valence-corrected chi connectivity index (χ3v) is 6.50. The lowest BCUT2D eigenvalue weighted by atomic mass is 10.2. The molecule has 158 valence electrons. The van der Waals surface area contributed by atoms with Crippen LogP contribution in [-0.2, 0) is 36.1 Å². The lowest BCUT2D eigenvalue weighted by molar-refractivity contribution is 0.266. The van der Waals surface area contributed by atoms with Crippen LogP contribution in [0, 0.1) is 11.6 Å². The van der Waals surface area contributed by atoms with Crippen molar-refractivity contribution in [3.63, 3.8) is 0 Å². The quantitative estimate of drug-likeness (QED) is 0.644. The van der Waals surface area contributed by atoms with Crippen LogP contribution in [0.1, 0.15) is 17.2 Å². The Labute approximate surface area is 173 Å². The molecule has 2 heterocycles. The molecule has 1 aromatic heterocycles. The summed E-state index contributed by atoms with van der Waals surface area (Å²) in [4.78, 5) is 2.25. The highest BCUT2D eigenvalue weighted by Gasteiger charge is 2.21. The third-order valence-electron chi connectivity index (χ3n) is 5.08. The highest BCUT2D eigenvalue weighted by atomic mass is 32.2. The Kier molecular flexibility index (Phi) is 5.89. The van der Waals surface area contributed by atoms with Crippen molar-refractivity contribution in [2.45, 2.75) is 31.0 Å². The summed E-state index contributed by atoms with van der Waals surface area (Å²) in [5.74, 6) is 0.126. The molecule has 10 heteroatoms. The van der Waals surface area contributed by atoms with Gasteiger partial charge >= 0.3 is 0 Å². The number of fused-ring (bicyclic) bond motifs is 1. The smallest absolute Gasteiger partial charge is 0.240 e. The van der Waals surface area contributed by atoms with Gasteiger partial charge in [0, 0.05) is 44.2 Å². The standard InChI is InChI=1S/C20H21F2N5O2S/c21-16-7-6-15(18(22)12-16)14-26-9-8-19-24-25-20(27(19)11-10-26)13-23-30(28,29)17-4-2-1-3-5-17/h1-7,12,23H,8-11,13-14H2. The average molecular weight is 433 g/mol. The van der Waals surface area contributed by atoms with Crippen LogP contribution in [0.2, 0.25) is 0 Å². The highest BCUT2D eigenvalue weighted by Crippen LogP contribution is 2.16. The van der Waals surface area contributed by atoms with Gasteiger partial charge in [0.25, 0.3) is 0 Å². The van der Waals surface area contributed by atoms with Crippen molar-refractivity contribution < 1.29 is 17.2 Å². The van der Waals surface area contributed by atoms with Crippen molar-refractivity contribution in [2.24, 2.45) is 0 Å². The van der Waals surface area contributed by atoms with Crippen LogP contribution in [0.3, 0.4) is 0 Å². The Bertz CT molecular complexity index is 1140. The Hall–Kier alpha value is -2.69. The lowest BCUT2D eigenvalue weighted by Gasteiger charge is -2.20. The average Bonchev–Trinajstić information content (AvgIpc) is 3.01. The van der Waals surface area contributed by atoms with E-state index >= 15 is 0 Å². The SMILES string of the molecule is O=S(=O)(NCc1nnc2n1CCN(Cc1ccc(F)cc1F)CC2)c1ccccc1. The van der Waals surface area contributed by atoms with E-state index in [0.717, 1.165) is 11.9 Å². The minimum atomic E-state index is -3.65. The Balaban J connectivity index is 1.42. The summed E-state index contributed by atoms with van der Waals surface area (Å²) in [6.45, 7) is 2.19. The maximum atomic E-state index is 14.0. The maximum absolute atomic E-state index is 14.0. The van der Waals surface area contributed by atoms with Gasteiger partial charge in [-0.25, -0.2) is 21.9 Å². The minimum Gasteiger partial charge on any atom is -0.313 e. The van der Waals surface area contributed by atoms with E-state index in [1.54, 1.807) is 18.2 Å². The fourth-order valence-corrected chi connectivity index (χ4v) is 4.45. The molecule has 1 aliphatic rings. The number of benzene rings is 2. The van der Waals surface area contributed by atoms with Crippen molar-refractivity contribution in [2.75, 3.05) is 13.1 Å². The largest absolute Gasteiger partial charge is 0.313 e. The molecule has 7 nitrogen and oxygen atoms in total. The molecule has 0 radical (unpaired) electrons. The second-order valence-corrected chi connectivity index (χ2v) is 8.85. The molecule has 0 aliphatic carbocycles. The molecule has 0 atom stereocenters. The number of halogens is 2. The molecular weight excluding hydrogens is 412 g/mol. The Morgan fingerprint density at radius 2 is 1.80 bits per heavy atom. The van der Waals surface area contributed by atoms with Gasteiger partial charge < -0.3 is 4.57 Å². The highest BCUT2D eigenvalue weighted by molar-refractivity contribution is 7.89. The fourth-order valence-electron chi connectivity index (χ4n) is 3.45. The molecule has 0 amide bonds. The van der Waals surface area contributed by atoms with Crippen LogP contribution in [0.5, 0.6) is 0 Å². The summed E-state index contributed by atoms with van der Waals surface area (Å²) < 4.78 is 56.4. The predicted molar refractivity (Wildman–Crippen MR) is 106 cm³/mol. The Morgan fingerprint density at radius 3 is 2.57 bits per heavy atom. The predicted octanol–water partition coefficient (Wildman–Crippen LogP) is 2.09. The van der Waals surface area contributed by atoms with Crippen molar-refractivity contribution >= 4 is 10.0 Å². The lowest BCUT2D eigenvalue weighted by Crippen LogP contribution is -2.28. The van der Waals surface area contributed by atoms with E-state index < -0.39 is 21.7 Å². The molecule has 1 N–H and O–H groups in total. The first-order chi connectivity index (χ1) is 14.4. The van der Waals surface area contributed by atoms with Gasteiger partial charge in [0.2, 0.25) is 10.0 Å². The van der Waals surface area contributed by atoms with Crippen molar-refractivity contribution in [3.05, 3.63) is 77.4 Å². The minimum absolute atomic E-state index is 0.0246. The van der Waals surface area contributed by atoms with Gasteiger partial charge in [-0.3, -0.25) is 4.90 Å². The van der Waals surface area contributed by atoms with E-state index in [1.807, 2.05) is 4.57 Å². The van der Waals surface area contributed by atoms with Gasteiger partial charge in [0.05, 0.1) is 11.4 Å². The monoisotopic (exact) mass is 433 g/mol. The van der Waals surface area contributed by atoms with Crippen molar-refractivity contribution in [1.29, 1.82) is 0 Å². The van der Waals surface area contributed by atoms with Crippen LogP contribution < -0.4 is 4.72 Å². The summed E-state index contributed by atoms with van der Waals surface area (Å²) in [5, 5.41) is 8.32.